The number of hydroxylamine groups is 1. The summed E-state index contributed by atoms with van der Waals surface area (Å²) in [6.45, 7) is 3.61. The maximum Gasteiger partial charge on any atom is 0.268 e. The second-order valence-corrected chi connectivity index (χ2v) is 4.29. The van der Waals surface area contributed by atoms with Gasteiger partial charge in [0.1, 0.15) is 12.6 Å². The molecule has 2 saturated heterocycles. The van der Waals surface area contributed by atoms with Crippen LogP contribution in [0.15, 0.2) is 0 Å². The third kappa shape index (κ3) is 1.95. The second kappa shape index (κ2) is 3.79. The summed E-state index contributed by atoms with van der Waals surface area (Å²) >= 11 is 0. The van der Waals surface area contributed by atoms with Crippen LogP contribution >= 0.6 is 0 Å². The van der Waals surface area contributed by atoms with E-state index in [0.717, 1.165) is 13.0 Å². The van der Waals surface area contributed by atoms with Crippen molar-refractivity contribution in [2.45, 2.75) is 19.4 Å². The fourth-order valence-corrected chi connectivity index (χ4v) is 1.79. The van der Waals surface area contributed by atoms with Gasteiger partial charge in [-0.2, -0.15) is 0 Å². The third-order valence-electron chi connectivity index (χ3n) is 2.96. The van der Waals surface area contributed by atoms with Crippen LogP contribution in [0.1, 0.15) is 13.3 Å². The molecule has 0 radical (unpaired) electrons. The van der Waals surface area contributed by atoms with E-state index in [1.54, 1.807) is 0 Å². The lowest BCUT2D eigenvalue weighted by molar-refractivity contribution is -0.133. The lowest BCUT2D eigenvalue weighted by Crippen LogP contribution is -2.48. The van der Waals surface area contributed by atoms with Gasteiger partial charge < -0.3 is 10.6 Å². The van der Waals surface area contributed by atoms with Gasteiger partial charge in [-0.1, -0.05) is 0 Å². The Balaban J connectivity index is 1.94. The third-order valence-corrected chi connectivity index (χ3v) is 2.96. The molecule has 6 nitrogen and oxygen atoms in total. The molecule has 2 rings (SSSR count). The Kier molecular flexibility index (Phi) is 2.62. The topological polar surface area (TPSA) is 79.5 Å². The minimum atomic E-state index is -0.546. The van der Waals surface area contributed by atoms with Gasteiger partial charge >= 0.3 is 0 Å². The van der Waals surface area contributed by atoms with Crippen molar-refractivity contribution in [2.75, 3.05) is 19.7 Å². The number of carbonyl (C=O) groups excluding carboxylic acids is 2. The van der Waals surface area contributed by atoms with Crippen molar-refractivity contribution in [1.29, 1.82) is 0 Å². The molecule has 0 aromatic heterocycles. The lowest BCUT2D eigenvalue weighted by Gasteiger charge is -2.22. The van der Waals surface area contributed by atoms with Crippen molar-refractivity contribution in [2.24, 2.45) is 5.41 Å². The molecule has 2 fully saturated rings. The van der Waals surface area contributed by atoms with E-state index in [9.17, 15) is 9.59 Å². The van der Waals surface area contributed by atoms with E-state index in [-0.39, 0.29) is 18.4 Å². The molecule has 2 aliphatic rings. The normalized spacial score (nSPS) is 35.3. The predicted molar refractivity (Wildman–Crippen MR) is 51.6 cm³/mol. The highest BCUT2D eigenvalue weighted by molar-refractivity contribution is 5.90. The van der Waals surface area contributed by atoms with Gasteiger partial charge in [-0.3, -0.25) is 14.4 Å². The summed E-state index contributed by atoms with van der Waals surface area (Å²) in [4.78, 5) is 27.8. The molecule has 0 saturated carbocycles. The number of hydrogen-bond acceptors (Lipinski definition) is 4. The van der Waals surface area contributed by atoms with Crippen molar-refractivity contribution in [3.8, 4) is 0 Å². The Labute approximate surface area is 87.7 Å². The number of rotatable bonds is 2. The van der Waals surface area contributed by atoms with Crippen molar-refractivity contribution in [3.63, 3.8) is 0 Å². The molecule has 0 aromatic rings. The van der Waals surface area contributed by atoms with E-state index in [0.29, 0.717) is 6.54 Å². The number of nitrogens with one attached hydrogen (secondary N) is 3. The van der Waals surface area contributed by atoms with E-state index < -0.39 is 11.5 Å². The standard InChI is InChI=1S/C9H15N3O3/c1-9(2-3-10-5-9)8(14)11-6-4-15-12-7(6)13/h6,10H,2-5H2,1H3,(H,11,14)(H,12,13)/t6-,9?/m1/s1. The Morgan fingerprint density at radius 3 is 3.00 bits per heavy atom. The van der Waals surface area contributed by atoms with Gasteiger partial charge in [0.15, 0.2) is 0 Å². The Morgan fingerprint density at radius 2 is 2.47 bits per heavy atom. The zero-order valence-electron chi connectivity index (χ0n) is 8.63. The first-order chi connectivity index (χ1) is 7.12. The molecule has 6 heteroatoms. The van der Waals surface area contributed by atoms with Crippen LogP contribution in [0, 0.1) is 5.41 Å². The van der Waals surface area contributed by atoms with Crippen LogP contribution in [0.5, 0.6) is 0 Å². The quantitative estimate of drug-likeness (QED) is 0.523. The highest BCUT2D eigenvalue weighted by Crippen LogP contribution is 2.24. The Hall–Kier alpha value is -1.14. The van der Waals surface area contributed by atoms with Crippen molar-refractivity contribution >= 4 is 11.8 Å². The highest BCUT2D eigenvalue weighted by Gasteiger charge is 2.39. The van der Waals surface area contributed by atoms with E-state index in [1.165, 1.54) is 0 Å². The van der Waals surface area contributed by atoms with E-state index in [4.69, 9.17) is 4.84 Å². The molecule has 2 atom stereocenters. The summed E-state index contributed by atoms with van der Waals surface area (Å²) in [6, 6.07) is -0.546. The average molecular weight is 213 g/mol. The summed E-state index contributed by atoms with van der Waals surface area (Å²) in [5.41, 5.74) is 1.81. The smallest absolute Gasteiger partial charge is 0.268 e. The molecule has 2 heterocycles. The summed E-state index contributed by atoms with van der Waals surface area (Å²) < 4.78 is 0. The minimum Gasteiger partial charge on any atom is -0.342 e. The van der Waals surface area contributed by atoms with Crippen LogP contribution in [-0.4, -0.2) is 37.6 Å². The molecule has 1 unspecified atom stereocenters. The van der Waals surface area contributed by atoms with Crippen molar-refractivity contribution < 1.29 is 14.4 Å². The maximum atomic E-state index is 11.9. The van der Waals surface area contributed by atoms with E-state index >= 15 is 0 Å². The number of amides is 2. The molecule has 0 spiro atoms. The fraction of sp³-hybridized carbons (Fsp3) is 0.778. The van der Waals surface area contributed by atoms with E-state index in [1.807, 2.05) is 6.92 Å². The average Bonchev–Trinajstić information content (AvgIpc) is 2.78. The fourth-order valence-electron chi connectivity index (χ4n) is 1.79. The largest absolute Gasteiger partial charge is 0.342 e. The zero-order chi connectivity index (χ0) is 10.9. The molecule has 0 aliphatic carbocycles. The Bertz CT molecular complexity index is 286. The monoisotopic (exact) mass is 213 g/mol. The van der Waals surface area contributed by atoms with Crippen LogP contribution in [0.3, 0.4) is 0 Å². The van der Waals surface area contributed by atoms with Crippen molar-refractivity contribution in [1.82, 2.24) is 16.1 Å². The van der Waals surface area contributed by atoms with Gasteiger partial charge in [0.05, 0.1) is 5.41 Å². The number of hydrogen-bond donors (Lipinski definition) is 3. The van der Waals surface area contributed by atoms with Gasteiger partial charge in [0, 0.05) is 6.54 Å². The van der Waals surface area contributed by atoms with E-state index in [2.05, 4.69) is 16.1 Å². The molecule has 84 valence electrons. The van der Waals surface area contributed by atoms with Crippen LogP contribution in [-0.2, 0) is 14.4 Å². The zero-order valence-corrected chi connectivity index (χ0v) is 8.63. The summed E-state index contributed by atoms with van der Waals surface area (Å²) in [7, 11) is 0. The lowest BCUT2D eigenvalue weighted by atomic mass is 9.88. The first-order valence-electron chi connectivity index (χ1n) is 5.05. The van der Waals surface area contributed by atoms with Crippen molar-refractivity contribution in [3.05, 3.63) is 0 Å². The minimum absolute atomic E-state index is 0.0850. The van der Waals surface area contributed by atoms with Gasteiger partial charge in [0.2, 0.25) is 5.91 Å². The van der Waals surface area contributed by atoms with Gasteiger partial charge in [-0.05, 0) is 19.9 Å². The predicted octanol–water partition coefficient (Wildman–Crippen LogP) is -1.47. The molecule has 15 heavy (non-hydrogen) atoms. The maximum absolute atomic E-state index is 11.9. The Morgan fingerprint density at radius 1 is 1.67 bits per heavy atom. The first-order valence-corrected chi connectivity index (χ1v) is 5.05. The van der Waals surface area contributed by atoms with Crippen LogP contribution in [0.2, 0.25) is 0 Å². The molecular formula is C9H15N3O3. The van der Waals surface area contributed by atoms with Gasteiger partial charge in [-0.25, -0.2) is 5.48 Å². The van der Waals surface area contributed by atoms with Crippen LogP contribution in [0.4, 0.5) is 0 Å². The van der Waals surface area contributed by atoms with Crippen LogP contribution in [0.25, 0.3) is 0 Å². The summed E-state index contributed by atoms with van der Waals surface area (Å²) in [5, 5.41) is 5.83. The molecule has 2 amide bonds. The van der Waals surface area contributed by atoms with Gasteiger partial charge in [-0.15, -0.1) is 0 Å². The number of carbonyl (C=O) groups is 2. The summed E-state index contributed by atoms with van der Waals surface area (Å²) in [5.74, 6) is -0.365. The molecule has 0 bridgehead atoms. The molecule has 2 aliphatic heterocycles. The molecule has 0 aromatic carbocycles. The SMILES string of the molecule is CC1(C(=O)N[C@@H]2CONC2=O)CCNC1. The van der Waals surface area contributed by atoms with Crippen LogP contribution < -0.4 is 16.1 Å². The summed E-state index contributed by atoms with van der Waals surface area (Å²) in [6.07, 6.45) is 0.800. The molecule has 3 N–H and O–H groups in total. The van der Waals surface area contributed by atoms with Gasteiger partial charge in [0.25, 0.3) is 5.91 Å². The highest BCUT2D eigenvalue weighted by atomic mass is 16.7. The molecular weight excluding hydrogens is 198 g/mol. The second-order valence-electron chi connectivity index (χ2n) is 4.29. The first kappa shape index (κ1) is 10.4.